The quantitative estimate of drug-likeness (QED) is 0.217. The van der Waals surface area contributed by atoms with E-state index in [-0.39, 0.29) is 22.3 Å². The van der Waals surface area contributed by atoms with Crippen molar-refractivity contribution >= 4 is 34.8 Å². The van der Waals surface area contributed by atoms with E-state index in [1.165, 1.54) is 7.11 Å². The van der Waals surface area contributed by atoms with Crippen molar-refractivity contribution in [3.05, 3.63) is 90.5 Å². The molecule has 208 valence electrons. The van der Waals surface area contributed by atoms with Gasteiger partial charge in [-0.2, -0.15) is 8.42 Å². The first kappa shape index (κ1) is 29.2. The molecule has 3 aromatic carbocycles. The molecule has 3 aromatic rings. The number of carbonyl (C=O) groups excluding carboxylic acids is 1. The van der Waals surface area contributed by atoms with Gasteiger partial charge in [0.1, 0.15) is 0 Å². The minimum absolute atomic E-state index is 0.0951. The Morgan fingerprint density at radius 1 is 0.795 bits per heavy atom. The van der Waals surface area contributed by atoms with Gasteiger partial charge in [0, 0.05) is 12.5 Å². The number of methoxy groups -OCH3 is 1. The Hall–Kier alpha value is -2.78. The zero-order valence-electron chi connectivity index (χ0n) is 23.3. The van der Waals surface area contributed by atoms with Crippen LogP contribution in [0.1, 0.15) is 45.6 Å². The predicted octanol–water partition coefficient (Wildman–Crippen LogP) is 4.99. The molecule has 3 atom stereocenters. The first-order chi connectivity index (χ1) is 18.5. The highest BCUT2D eigenvalue weighted by Gasteiger charge is 2.52. The molecule has 0 aliphatic heterocycles. The van der Waals surface area contributed by atoms with Gasteiger partial charge in [-0.3, -0.25) is 8.98 Å². The molecule has 0 saturated heterocycles. The first-order valence-corrected chi connectivity index (χ1v) is 16.6. The van der Waals surface area contributed by atoms with Gasteiger partial charge in [-0.1, -0.05) is 99.1 Å². The van der Waals surface area contributed by atoms with E-state index in [4.69, 9.17) is 13.3 Å². The third kappa shape index (κ3) is 6.35. The number of carbonyl (C=O) groups is 1. The van der Waals surface area contributed by atoms with E-state index in [1.54, 1.807) is 24.3 Å². The van der Waals surface area contributed by atoms with Crippen LogP contribution in [0.15, 0.2) is 89.8 Å². The van der Waals surface area contributed by atoms with E-state index in [1.807, 2.05) is 43.3 Å². The maximum Gasteiger partial charge on any atom is 0.308 e. The normalized spacial score (nSPS) is 20.4. The molecule has 0 radical (unpaired) electrons. The molecule has 6 nitrogen and oxygen atoms in total. The molecule has 1 fully saturated rings. The Labute approximate surface area is 233 Å². The van der Waals surface area contributed by atoms with Crippen LogP contribution in [0.25, 0.3) is 0 Å². The molecule has 4 rings (SSSR count). The summed E-state index contributed by atoms with van der Waals surface area (Å²) < 4.78 is 44.5. The third-order valence-electron chi connectivity index (χ3n) is 7.49. The van der Waals surface area contributed by atoms with Crippen molar-refractivity contribution < 1.29 is 26.6 Å². The fourth-order valence-electron chi connectivity index (χ4n) is 5.63. The van der Waals surface area contributed by atoms with Crippen molar-refractivity contribution in [3.63, 3.8) is 0 Å². The number of hydrogen-bond donors (Lipinski definition) is 0. The van der Waals surface area contributed by atoms with E-state index in [9.17, 15) is 13.2 Å². The number of benzene rings is 3. The van der Waals surface area contributed by atoms with E-state index in [0.717, 1.165) is 15.9 Å². The molecule has 1 aliphatic carbocycles. The Balaban J connectivity index is 1.73. The average Bonchev–Trinajstić information content (AvgIpc) is 2.91. The second-order valence-electron chi connectivity index (χ2n) is 11.3. The van der Waals surface area contributed by atoms with E-state index >= 15 is 0 Å². The average molecular weight is 567 g/mol. The summed E-state index contributed by atoms with van der Waals surface area (Å²) >= 11 is 0. The monoisotopic (exact) mass is 566 g/mol. The van der Waals surface area contributed by atoms with Crippen LogP contribution >= 0.6 is 0 Å². The van der Waals surface area contributed by atoms with Crippen LogP contribution < -0.4 is 10.4 Å². The summed E-state index contributed by atoms with van der Waals surface area (Å²) in [7, 11) is -5.60. The molecule has 1 aliphatic rings. The topological polar surface area (TPSA) is 78.9 Å². The van der Waals surface area contributed by atoms with Gasteiger partial charge in [0.25, 0.3) is 18.4 Å². The summed E-state index contributed by atoms with van der Waals surface area (Å²) in [5.74, 6) is -0.919. The lowest BCUT2D eigenvalue weighted by atomic mass is 9.85. The molecule has 0 spiro atoms. The zero-order chi connectivity index (χ0) is 28.3. The van der Waals surface area contributed by atoms with Gasteiger partial charge in [-0.25, -0.2) is 0 Å². The first-order valence-electron chi connectivity index (χ1n) is 13.3. The Morgan fingerprint density at radius 2 is 1.31 bits per heavy atom. The predicted molar refractivity (Wildman–Crippen MR) is 155 cm³/mol. The van der Waals surface area contributed by atoms with E-state index < -0.39 is 36.6 Å². The molecule has 39 heavy (non-hydrogen) atoms. The number of aryl methyl sites for hydroxylation is 1. The van der Waals surface area contributed by atoms with Crippen molar-refractivity contribution in [2.24, 2.45) is 5.92 Å². The molecule has 0 aromatic heterocycles. The Kier molecular flexibility index (Phi) is 8.81. The maximum atomic E-state index is 13.2. The molecule has 0 N–H and O–H groups in total. The van der Waals surface area contributed by atoms with Crippen LogP contribution in [-0.2, 0) is 28.3 Å². The van der Waals surface area contributed by atoms with E-state index in [2.05, 4.69) is 45.0 Å². The largest absolute Gasteiger partial charge is 0.469 e. The fourth-order valence-corrected chi connectivity index (χ4v) is 11.4. The summed E-state index contributed by atoms with van der Waals surface area (Å²) in [4.78, 5) is 12.9. The highest BCUT2D eigenvalue weighted by molar-refractivity contribution is 7.86. The van der Waals surface area contributed by atoms with Crippen molar-refractivity contribution in [2.75, 3.05) is 7.11 Å². The van der Waals surface area contributed by atoms with Crippen molar-refractivity contribution in [1.29, 1.82) is 0 Å². The highest BCUT2D eigenvalue weighted by atomic mass is 32.2. The van der Waals surface area contributed by atoms with Crippen LogP contribution in [0.3, 0.4) is 0 Å². The van der Waals surface area contributed by atoms with E-state index in [0.29, 0.717) is 12.8 Å². The number of ether oxygens (including phenoxy) is 1. The molecular weight excluding hydrogens is 528 g/mol. The van der Waals surface area contributed by atoms with Crippen molar-refractivity contribution in [1.82, 2.24) is 0 Å². The number of esters is 1. The molecule has 8 heteroatoms. The number of hydrogen-bond acceptors (Lipinski definition) is 6. The summed E-state index contributed by atoms with van der Waals surface area (Å²) in [6, 6.07) is 27.1. The fraction of sp³-hybridized carbons (Fsp3) is 0.387. The molecular formula is C31H38O6SSi. The lowest BCUT2D eigenvalue weighted by Gasteiger charge is -2.47. The van der Waals surface area contributed by atoms with Crippen molar-refractivity contribution in [3.8, 4) is 0 Å². The van der Waals surface area contributed by atoms with Gasteiger partial charge in [0.15, 0.2) is 0 Å². The van der Waals surface area contributed by atoms with Gasteiger partial charge in [0.05, 0.1) is 24.0 Å². The summed E-state index contributed by atoms with van der Waals surface area (Å²) in [5.41, 5.74) is 0.955. The molecule has 0 amide bonds. The van der Waals surface area contributed by atoms with Crippen LogP contribution in [0.5, 0.6) is 0 Å². The second-order valence-corrected chi connectivity index (χ2v) is 17.1. The second kappa shape index (κ2) is 11.8. The number of rotatable bonds is 8. The smallest absolute Gasteiger partial charge is 0.308 e. The van der Waals surface area contributed by atoms with Gasteiger partial charge >= 0.3 is 5.97 Å². The highest BCUT2D eigenvalue weighted by Crippen LogP contribution is 2.41. The minimum atomic E-state index is -4.03. The van der Waals surface area contributed by atoms with Gasteiger partial charge < -0.3 is 9.16 Å². The summed E-state index contributed by atoms with van der Waals surface area (Å²) in [5, 5.41) is 1.97. The summed E-state index contributed by atoms with van der Waals surface area (Å²) in [6.07, 6.45) is -0.104. The Morgan fingerprint density at radius 3 is 1.79 bits per heavy atom. The van der Waals surface area contributed by atoms with Crippen LogP contribution in [-0.4, -0.2) is 42.0 Å². The van der Waals surface area contributed by atoms with Crippen LogP contribution in [0, 0.1) is 12.8 Å². The Bertz CT molecular complexity index is 1310. The molecule has 0 heterocycles. The van der Waals surface area contributed by atoms with Crippen LogP contribution in [0.2, 0.25) is 5.04 Å². The zero-order valence-corrected chi connectivity index (χ0v) is 25.1. The molecule has 0 unspecified atom stereocenters. The maximum absolute atomic E-state index is 13.2. The third-order valence-corrected chi connectivity index (χ3v) is 14.0. The molecule has 0 bridgehead atoms. The van der Waals surface area contributed by atoms with Gasteiger partial charge in [0.2, 0.25) is 0 Å². The van der Waals surface area contributed by atoms with Crippen molar-refractivity contribution in [2.45, 2.75) is 69.1 Å². The standard InChI is InChI=1S/C31H38O6SSi/c1-23-16-18-27(19-17-23)38(33,34)36-25-20-24(30(32)35-5)21-26(22-25)37-39(31(2,3)4,28-12-8-6-9-13-28)29-14-10-7-11-15-29/h6-19,24-26H,20-22H2,1-5H3/t24-,25+,26+/m1/s1. The summed E-state index contributed by atoms with van der Waals surface area (Å²) in [6.45, 7) is 8.47. The SMILES string of the molecule is COC(=O)[C@H]1C[C@H](O[Si](c2ccccc2)(c2ccccc2)C(C)(C)C)C[C@@H](OS(=O)(=O)c2ccc(C)cc2)C1. The minimum Gasteiger partial charge on any atom is -0.469 e. The molecule has 1 saturated carbocycles. The van der Waals surface area contributed by atoms with Gasteiger partial charge in [-0.05, 0) is 47.3 Å². The van der Waals surface area contributed by atoms with Gasteiger partial charge in [-0.15, -0.1) is 0 Å². The lowest BCUT2D eigenvalue weighted by molar-refractivity contribution is -0.149. The lowest BCUT2D eigenvalue weighted by Crippen LogP contribution is -2.68. The van der Waals surface area contributed by atoms with Crippen LogP contribution in [0.4, 0.5) is 0 Å².